The lowest BCUT2D eigenvalue weighted by atomic mass is 10.3. The van der Waals surface area contributed by atoms with Crippen molar-refractivity contribution in [3.05, 3.63) is 22.7 Å². The molecule has 0 spiro atoms. The van der Waals surface area contributed by atoms with Gasteiger partial charge in [-0.1, -0.05) is 15.9 Å². The van der Waals surface area contributed by atoms with Gasteiger partial charge in [0.1, 0.15) is 0 Å². The molecule has 5 heteroatoms. The molecule has 1 rings (SSSR count). The summed E-state index contributed by atoms with van der Waals surface area (Å²) in [6, 6.07) is 5.12. The van der Waals surface area contributed by atoms with E-state index in [0.29, 0.717) is 11.4 Å². The van der Waals surface area contributed by atoms with Crippen molar-refractivity contribution < 1.29 is 4.79 Å². The number of nitrogens with two attached hydrogens (primary N) is 1. The zero-order valence-electron chi connectivity index (χ0n) is 8.04. The fourth-order valence-electron chi connectivity index (χ4n) is 0.874. The Labute approximate surface area is 91.2 Å². The number of hydrogen-bond donors (Lipinski definition) is 2. The summed E-state index contributed by atoms with van der Waals surface area (Å²) >= 11 is 3.29. The van der Waals surface area contributed by atoms with Gasteiger partial charge in [-0.3, -0.25) is 0 Å². The summed E-state index contributed by atoms with van der Waals surface area (Å²) in [5.41, 5.74) is 6.86. The molecule has 0 aliphatic carbocycles. The van der Waals surface area contributed by atoms with Crippen LogP contribution in [0.3, 0.4) is 0 Å². The Morgan fingerprint density at radius 2 is 2.14 bits per heavy atom. The first-order valence-corrected chi connectivity index (χ1v) is 4.83. The second-order valence-electron chi connectivity index (χ2n) is 3.06. The molecule has 1 aromatic rings. The molecule has 0 radical (unpaired) electrons. The van der Waals surface area contributed by atoms with Crippen molar-refractivity contribution in [3.8, 4) is 0 Å². The first-order chi connectivity index (χ1) is 6.50. The molecule has 4 nitrogen and oxygen atoms in total. The highest BCUT2D eigenvalue weighted by Gasteiger charge is 2.06. The van der Waals surface area contributed by atoms with E-state index in [1.165, 1.54) is 4.90 Å². The van der Waals surface area contributed by atoms with Crippen LogP contribution >= 0.6 is 15.9 Å². The zero-order valence-corrected chi connectivity index (χ0v) is 9.63. The SMILES string of the molecule is CN(C)C(=O)Nc1ccc(Br)cc1N. The second-order valence-corrected chi connectivity index (χ2v) is 3.97. The number of halogens is 1. The maximum absolute atomic E-state index is 11.3. The Morgan fingerprint density at radius 1 is 1.50 bits per heavy atom. The van der Waals surface area contributed by atoms with Gasteiger partial charge in [-0.15, -0.1) is 0 Å². The van der Waals surface area contributed by atoms with Crippen LogP contribution in [0.4, 0.5) is 16.2 Å². The average molecular weight is 258 g/mol. The van der Waals surface area contributed by atoms with E-state index < -0.39 is 0 Å². The standard InChI is InChI=1S/C9H12BrN3O/c1-13(2)9(14)12-8-4-3-6(10)5-7(8)11/h3-5H,11H2,1-2H3,(H,12,14). The van der Waals surface area contributed by atoms with E-state index in [0.717, 1.165) is 4.47 Å². The topological polar surface area (TPSA) is 58.4 Å². The molecule has 0 aliphatic rings. The van der Waals surface area contributed by atoms with Crippen molar-refractivity contribution in [2.24, 2.45) is 0 Å². The third-order valence-electron chi connectivity index (χ3n) is 1.66. The van der Waals surface area contributed by atoms with Crippen LogP contribution in [0.25, 0.3) is 0 Å². The van der Waals surface area contributed by atoms with Crippen molar-refractivity contribution in [3.63, 3.8) is 0 Å². The molecule has 0 bridgehead atoms. The molecule has 0 atom stereocenters. The minimum absolute atomic E-state index is 0.195. The summed E-state index contributed by atoms with van der Waals surface area (Å²) < 4.78 is 0.887. The van der Waals surface area contributed by atoms with E-state index in [2.05, 4.69) is 21.2 Å². The molecule has 0 saturated heterocycles. The Balaban J connectivity index is 2.82. The Bertz CT molecular complexity index is 352. The maximum Gasteiger partial charge on any atom is 0.321 e. The minimum atomic E-state index is -0.195. The van der Waals surface area contributed by atoms with Gasteiger partial charge in [-0.05, 0) is 18.2 Å². The van der Waals surface area contributed by atoms with Crippen molar-refractivity contribution in [2.45, 2.75) is 0 Å². The number of amides is 2. The van der Waals surface area contributed by atoms with Crippen LogP contribution in [0.5, 0.6) is 0 Å². The number of carbonyl (C=O) groups is 1. The Morgan fingerprint density at radius 3 is 2.64 bits per heavy atom. The van der Waals surface area contributed by atoms with E-state index in [1.54, 1.807) is 26.2 Å². The largest absolute Gasteiger partial charge is 0.397 e. The van der Waals surface area contributed by atoms with Crippen LogP contribution in [-0.2, 0) is 0 Å². The number of anilines is 2. The highest BCUT2D eigenvalue weighted by atomic mass is 79.9. The number of nitrogen functional groups attached to an aromatic ring is 1. The molecule has 0 unspecified atom stereocenters. The number of hydrogen-bond acceptors (Lipinski definition) is 2. The third-order valence-corrected chi connectivity index (χ3v) is 2.15. The molecule has 3 N–H and O–H groups in total. The van der Waals surface area contributed by atoms with Crippen molar-refractivity contribution >= 4 is 33.3 Å². The lowest BCUT2D eigenvalue weighted by Gasteiger charge is -2.13. The lowest BCUT2D eigenvalue weighted by Crippen LogP contribution is -2.27. The summed E-state index contributed by atoms with van der Waals surface area (Å²) in [6.45, 7) is 0. The predicted octanol–water partition coefficient (Wildman–Crippen LogP) is 2.12. The Kier molecular flexibility index (Phi) is 3.35. The van der Waals surface area contributed by atoms with Crippen molar-refractivity contribution in [2.75, 3.05) is 25.1 Å². The quantitative estimate of drug-likeness (QED) is 0.758. The highest BCUT2D eigenvalue weighted by molar-refractivity contribution is 9.10. The molecular formula is C9H12BrN3O. The maximum atomic E-state index is 11.3. The molecule has 0 fully saturated rings. The first kappa shape index (κ1) is 10.8. The predicted molar refractivity (Wildman–Crippen MR) is 61.3 cm³/mol. The number of rotatable bonds is 1. The number of nitrogens with zero attached hydrogens (tertiary/aromatic N) is 1. The summed E-state index contributed by atoms with van der Waals surface area (Å²) in [5.74, 6) is 0. The van der Waals surface area contributed by atoms with Gasteiger partial charge in [0.2, 0.25) is 0 Å². The van der Waals surface area contributed by atoms with Gasteiger partial charge in [-0.2, -0.15) is 0 Å². The van der Waals surface area contributed by atoms with Crippen LogP contribution in [0.1, 0.15) is 0 Å². The number of benzene rings is 1. The van der Waals surface area contributed by atoms with Crippen LogP contribution in [0.2, 0.25) is 0 Å². The van der Waals surface area contributed by atoms with Crippen LogP contribution < -0.4 is 11.1 Å². The zero-order chi connectivity index (χ0) is 10.7. The van der Waals surface area contributed by atoms with E-state index >= 15 is 0 Å². The first-order valence-electron chi connectivity index (χ1n) is 4.04. The van der Waals surface area contributed by atoms with E-state index in [-0.39, 0.29) is 6.03 Å². The average Bonchev–Trinajstić information content (AvgIpc) is 2.09. The van der Waals surface area contributed by atoms with Crippen molar-refractivity contribution in [1.29, 1.82) is 0 Å². The molecule has 2 amide bonds. The van der Waals surface area contributed by atoms with E-state index in [1.807, 2.05) is 6.07 Å². The van der Waals surface area contributed by atoms with Gasteiger partial charge in [-0.25, -0.2) is 4.79 Å². The molecule has 0 aliphatic heterocycles. The fraction of sp³-hybridized carbons (Fsp3) is 0.222. The van der Waals surface area contributed by atoms with Crippen LogP contribution in [0.15, 0.2) is 22.7 Å². The van der Waals surface area contributed by atoms with Crippen molar-refractivity contribution in [1.82, 2.24) is 4.90 Å². The monoisotopic (exact) mass is 257 g/mol. The van der Waals surface area contributed by atoms with Crippen LogP contribution in [0, 0.1) is 0 Å². The summed E-state index contributed by atoms with van der Waals surface area (Å²) in [6.07, 6.45) is 0. The summed E-state index contributed by atoms with van der Waals surface area (Å²) in [5, 5.41) is 2.68. The lowest BCUT2D eigenvalue weighted by molar-refractivity contribution is 0.230. The van der Waals surface area contributed by atoms with E-state index in [9.17, 15) is 4.79 Å². The minimum Gasteiger partial charge on any atom is -0.397 e. The summed E-state index contributed by atoms with van der Waals surface area (Å²) in [4.78, 5) is 12.7. The van der Waals surface area contributed by atoms with Gasteiger partial charge in [0.15, 0.2) is 0 Å². The summed E-state index contributed by atoms with van der Waals surface area (Å²) in [7, 11) is 3.34. The van der Waals surface area contributed by atoms with Gasteiger partial charge >= 0.3 is 6.03 Å². The number of carbonyl (C=O) groups excluding carboxylic acids is 1. The van der Waals surface area contributed by atoms with Crippen LogP contribution in [-0.4, -0.2) is 25.0 Å². The molecular weight excluding hydrogens is 246 g/mol. The second kappa shape index (κ2) is 4.32. The molecule has 14 heavy (non-hydrogen) atoms. The molecule has 76 valence electrons. The van der Waals surface area contributed by atoms with Gasteiger partial charge in [0, 0.05) is 18.6 Å². The van der Waals surface area contributed by atoms with Gasteiger partial charge < -0.3 is 16.0 Å². The van der Waals surface area contributed by atoms with Gasteiger partial charge in [0.05, 0.1) is 11.4 Å². The molecule has 1 aromatic carbocycles. The molecule has 0 aromatic heterocycles. The number of urea groups is 1. The third kappa shape index (κ3) is 2.63. The highest BCUT2D eigenvalue weighted by Crippen LogP contribution is 2.22. The smallest absolute Gasteiger partial charge is 0.321 e. The Hall–Kier alpha value is -1.23. The fourth-order valence-corrected chi connectivity index (χ4v) is 1.25. The normalized spacial score (nSPS) is 9.64. The van der Waals surface area contributed by atoms with E-state index in [4.69, 9.17) is 5.73 Å². The number of nitrogens with one attached hydrogen (secondary N) is 1. The van der Waals surface area contributed by atoms with Gasteiger partial charge in [0.25, 0.3) is 0 Å². The molecule has 0 heterocycles. The molecule has 0 saturated carbocycles.